The normalized spacial score (nSPS) is 11.8. The summed E-state index contributed by atoms with van der Waals surface area (Å²) in [6.45, 7) is 1.84. The second kappa shape index (κ2) is 6.96. The first-order valence-corrected chi connectivity index (χ1v) is 6.32. The lowest BCUT2D eigenvalue weighted by atomic mass is 10.1. The fraction of sp³-hybridized carbons (Fsp3) is 0.333. The summed E-state index contributed by atoms with van der Waals surface area (Å²) in [7, 11) is 0. The van der Waals surface area contributed by atoms with Crippen LogP contribution in [0.5, 0.6) is 0 Å². The van der Waals surface area contributed by atoms with Crippen molar-refractivity contribution in [3.8, 4) is 0 Å². The summed E-state index contributed by atoms with van der Waals surface area (Å²) in [6.07, 6.45) is 0.298. The minimum atomic E-state index is -1.01. The molecular formula is C12H15NO3S. The zero-order valence-electron chi connectivity index (χ0n) is 9.55. The molecule has 0 aromatic heterocycles. The average Bonchev–Trinajstić information content (AvgIpc) is 2.29. The van der Waals surface area contributed by atoms with E-state index in [0.717, 1.165) is 17.3 Å². The van der Waals surface area contributed by atoms with E-state index in [1.54, 1.807) is 0 Å². The highest BCUT2D eigenvalue weighted by atomic mass is 32.2. The highest BCUT2D eigenvalue weighted by Crippen LogP contribution is 2.06. The smallest absolute Gasteiger partial charge is 0.326 e. The lowest BCUT2D eigenvalue weighted by Crippen LogP contribution is -2.40. The summed E-state index contributed by atoms with van der Waals surface area (Å²) < 4.78 is 0. The van der Waals surface area contributed by atoms with Gasteiger partial charge in [0.15, 0.2) is 0 Å². The monoisotopic (exact) mass is 253 g/mol. The largest absolute Gasteiger partial charge is 0.480 e. The Morgan fingerprint density at radius 2 is 2.00 bits per heavy atom. The van der Waals surface area contributed by atoms with Gasteiger partial charge in [-0.05, 0) is 11.3 Å². The Kier molecular flexibility index (Phi) is 5.56. The van der Waals surface area contributed by atoms with Crippen LogP contribution in [0, 0.1) is 0 Å². The first-order chi connectivity index (χ1) is 8.13. The molecule has 0 saturated heterocycles. The predicted molar refractivity (Wildman–Crippen MR) is 68.2 cm³/mol. The van der Waals surface area contributed by atoms with E-state index in [2.05, 4.69) is 5.32 Å². The first kappa shape index (κ1) is 13.6. The summed E-state index contributed by atoms with van der Waals surface area (Å²) in [6, 6.07) is 8.37. The van der Waals surface area contributed by atoms with E-state index in [9.17, 15) is 9.59 Å². The molecule has 1 atom stereocenters. The van der Waals surface area contributed by atoms with Crippen molar-refractivity contribution in [3.63, 3.8) is 0 Å². The van der Waals surface area contributed by atoms with Crippen molar-refractivity contribution in [2.75, 3.05) is 5.75 Å². The molecule has 0 heterocycles. The van der Waals surface area contributed by atoms with Crippen LogP contribution in [-0.4, -0.2) is 28.1 Å². The quantitative estimate of drug-likeness (QED) is 0.843. The minimum Gasteiger partial charge on any atom is -0.480 e. The number of carboxylic acids is 1. The zero-order valence-corrected chi connectivity index (χ0v) is 10.4. The van der Waals surface area contributed by atoms with Crippen LogP contribution in [0.15, 0.2) is 30.3 Å². The number of rotatable bonds is 5. The van der Waals surface area contributed by atoms with Gasteiger partial charge in [-0.15, -0.1) is 0 Å². The summed E-state index contributed by atoms with van der Waals surface area (Å²) >= 11 is 1.07. The van der Waals surface area contributed by atoms with E-state index < -0.39 is 12.0 Å². The maximum absolute atomic E-state index is 11.3. The van der Waals surface area contributed by atoms with Crippen LogP contribution >= 0.6 is 11.8 Å². The third-order valence-electron chi connectivity index (χ3n) is 2.15. The van der Waals surface area contributed by atoms with E-state index in [0.29, 0.717) is 12.2 Å². The Labute approximate surface area is 104 Å². The lowest BCUT2D eigenvalue weighted by Gasteiger charge is -2.13. The van der Waals surface area contributed by atoms with Crippen molar-refractivity contribution in [3.05, 3.63) is 35.9 Å². The molecule has 0 saturated carbocycles. The molecule has 1 aromatic carbocycles. The maximum Gasteiger partial charge on any atom is 0.326 e. The van der Waals surface area contributed by atoms with Gasteiger partial charge in [0.1, 0.15) is 6.04 Å². The standard InChI is InChI=1S/C12H15NO3S/c1-2-17-12(16)13-10(11(14)15)8-9-6-4-3-5-7-9/h3-7,10H,2,8H2,1H3,(H,13,16)(H,14,15). The molecule has 1 unspecified atom stereocenters. The number of carboxylic acid groups (broad SMARTS) is 1. The number of benzene rings is 1. The third-order valence-corrected chi connectivity index (χ3v) is 2.82. The number of carbonyl (C=O) groups excluding carboxylic acids is 1. The molecule has 92 valence electrons. The number of amides is 1. The van der Waals surface area contributed by atoms with Crippen LogP contribution in [0.2, 0.25) is 0 Å². The Balaban J connectivity index is 2.61. The van der Waals surface area contributed by atoms with Crippen molar-refractivity contribution in [2.24, 2.45) is 0 Å². The van der Waals surface area contributed by atoms with Crippen LogP contribution in [0.1, 0.15) is 12.5 Å². The number of thioether (sulfide) groups is 1. The number of hydrogen-bond donors (Lipinski definition) is 2. The minimum absolute atomic E-state index is 0.296. The molecule has 1 aromatic rings. The van der Waals surface area contributed by atoms with Gasteiger partial charge >= 0.3 is 5.97 Å². The summed E-state index contributed by atoms with van der Waals surface area (Å²) in [5, 5.41) is 11.2. The van der Waals surface area contributed by atoms with Gasteiger partial charge in [0.2, 0.25) is 0 Å². The number of nitrogens with one attached hydrogen (secondary N) is 1. The molecule has 5 heteroatoms. The zero-order chi connectivity index (χ0) is 12.7. The van der Waals surface area contributed by atoms with E-state index in [4.69, 9.17) is 5.11 Å². The van der Waals surface area contributed by atoms with E-state index in [-0.39, 0.29) is 5.24 Å². The fourth-order valence-corrected chi connectivity index (χ4v) is 1.85. The number of hydrogen-bond acceptors (Lipinski definition) is 3. The van der Waals surface area contributed by atoms with Crippen molar-refractivity contribution in [2.45, 2.75) is 19.4 Å². The Bertz CT molecular complexity index is 381. The molecule has 0 aliphatic carbocycles. The molecular weight excluding hydrogens is 238 g/mol. The van der Waals surface area contributed by atoms with Crippen LogP contribution in [0.25, 0.3) is 0 Å². The lowest BCUT2D eigenvalue weighted by molar-refractivity contribution is -0.139. The topological polar surface area (TPSA) is 66.4 Å². The summed E-state index contributed by atoms with van der Waals surface area (Å²) in [5.41, 5.74) is 0.890. The van der Waals surface area contributed by atoms with E-state index in [1.807, 2.05) is 37.3 Å². The highest BCUT2D eigenvalue weighted by molar-refractivity contribution is 8.13. The van der Waals surface area contributed by atoms with Crippen LogP contribution in [-0.2, 0) is 11.2 Å². The second-order valence-electron chi connectivity index (χ2n) is 3.45. The van der Waals surface area contributed by atoms with Gasteiger partial charge in [0, 0.05) is 6.42 Å². The van der Waals surface area contributed by atoms with Crippen molar-refractivity contribution < 1.29 is 14.7 Å². The van der Waals surface area contributed by atoms with Crippen LogP contribution < -0.4 is 5.32 Å². The van der Waals surface area contributed by atoms with Gasteiger partial charge in [-0.2, -0.15) is 0 Å². The molecule has 0 spiro atoms. The molecule has 1 rings (SSSR count). The van der Waals surface area contributed by atoms with Crippen LogP contribution in [0.4, 0.5) is 4.79 Å². The van der Waals surface area contributed by atoms with Crippen molar-refractivity contribution in [1.29, 1.82) is 0 Å². The Morgan fingerprint density at radius 1 is 1.35 bits per heavy atom. The van der Waals surface area contributed by atoms with Crippen molar-refractivity contribution in [1.82, 2.24) is 5.32 Å². The van der Waals surface area contributed by atoms with E-state index >= 15 is 0 Å². The molecule has 0 bridgehead atoms. The Hall–Kier alpha value is -1.49. The summed E-state index contributed by atoms with van der Waals surface area (Å²) in [4.78, 5) is 22.4. The van der Waals surface area contributed by atoms with Gasteiger partial charge in [0.25, 0.3) is 5.24 Å². The first-order valence-electron chi connectivity index (χ1n) is 5.33. The SMILES string of the molecule is CCSC(=O)NC(Cc1ccccc1)C(=O)O. The van der Waals surface area contributed by atoms with Crippen molar-refractivity contribution >= 4 is 23.0 Å². The maximum atomic E-state index is 11.3. The molecule has 17 heavy (non-hydrogen) atoms. The second-order valence-corrected chi connectivity index (χ2v) is 4.68. The number of aliphatic carboxylic acids is 1. The average molecular weight is 253 g/mol. The van der Waals surface area contributed by atoms with Gasteiger partial charge in [-0.25, -0.2) is 4.79 Å². The van der Waals surface area contributed by atoms with Gasteiger partial charge in [-0.3, -0.25) is 4.79 Å². The third kappa shape index (κ3) is 4.91. The predicted octanol–water partition coefficient (Wildman–Crippen LogP) is 2.15. The van der Waals surface area contributed by atoms with Gasteiger partial charge in [-0.1, -0.05) is 49.0 Å². The molecule has 0 aliphatic heterocycles. The molecule has 0 aliphatic rings. The number of carbonyl (C=O) groups is 2. The van der Waals surface area contributed by atoms with Gasteiger partial charge in [0.05, 0.1) is 0 Å². The highest BCUT2D eigenvalue weighted by Gasteiger charge is 2.19. The fourth-order valence-electron chi connectivity index (χ4n) is 1.36. The van der Waals surface area contributed by atoms with E-state index in [1.165, 1.54) is 0 Å². The van der Waals surface area contributed by atoms with Crippen LogP contribution in [0.3, 0.4) is 0 Å². The molecule has 1 amide bonds. The molecule has 2 N–H and O–H groups in total. The summed E-state index contributed by atoms with van der Waals surface area (Å²) in [5.74, 6) is -0.386. The molecule has 4 nitrogen and oxygen atoms in total. The molecule has 0 fully saturated rings. The Morgan fingerprint density at radius 3 is 2.53 bits per heavy atom. The molecule has 0 radical (unpaired) electrons. The van der Waals surface area contributed by atoms with Gasteiger partial charge < -0.3 is 10.4 Å².